The van der Waals surface area contributed by atoms with Gasteiger partial charge in [-0.2, -0.15) is 0 Å². The van der Waals surface area contributed by atoms with Gasteiger partial charge in [0.25, 0.3) is 0 Å². The van der Waals surface area contributed by atoms with Crippen molar-refractivity contribution in [3.8, 4) is 0 Å². The first kappa shape index (κ1) is 21.4. The van der Waals surface area contributed by atoms with Crippen molar-refractivity contribution in [2.75, 3.05) is 6.61 Å². The van der Waals surface area contributed by atoms with Crippen molar-refractivity contribution in [3.63, 3.8) is 0 Å². The first-order chi connectivity index (χ1) is 11.3. The number of rotatable bonds is 8. The maximum atomic E-state index is 12.4. The lowest BCUT2D eigenvalue weighted by atomic mass is 10.0. The Morgan fingerprint density at radius 2 is 1.54 bits per heavy atom. The molecule has 1 rings (SSSR count). The molecule has 0 aliphatic heterocycles. The van der Waals surface area contributed by atoms with Gasteiger partial charge in [-0.3, -0.25) is 0 Å². The number of ether oxygens (including phenoxy) is 1. The number of halogens is 4. The predicted molar refractivity (Wildman–Crippen MR) is 97.0 cm³/mol. The molecular formula is C16H18Cl4O4. The maximum Gasteiger partial charge on any atom is 0.340 e. The molecule has 1 aromatic rings. The van der Waals surface area contributed by atoms with Gasteiger partial charge >= 0.3 is 11.9 Å². The van der Waals surface area contributed by atoms with E-state index in [4.69, 9.17) is 51.1 Å². The monoisotopic (exact) mass is 414 g/mol. The van der Waals surface area contributed by atoms with Gasteiger partial charge in [-0.15, -0.1) is 0 Å². The Balaban J connectivity index is 3.12. The Labute approximate surface area is 161 Å². The zero-order chi connectivity index (χ0) is 18.4. The summed E-state index contributed by atoms with van der Waals surface area (Å²) >= 11 is 23.7. The van der Waals surface area contributed by atoms with E-state index in [9.17, 15) is 14.7 Å². The lowest BCUT2D eigenvalue weighted by Gasteiger charge is -2.17. The summed E-state index contributed by atoms with van der Waals surface area (Å²) in [4.78, 5) is 23.8. The molecule has 1 N–H and O–H groups in total. The summed E-state index contributed by atoms with van der Waals surface area (Å²) in [7, 11) is 0. The number of carbonyl (C=O) groups excluding carboxylic acids is 1. The second kappa shape index (κ2) is 9.71. The fraction of sp³-hybridized carbons (Fsp3) is 0.500. The number of hydrogen-bond donors (Lipinski definition) is 1. The quantitative estimate of drug-likeness (QED) is 0.304. The van der Waals surface area contributed by atoms with E-state index in [1.165, 1.54) is 0 Å². The number of hydrogen-bond acceptors (Lipinski definition) is 3. The van der Waals surface area contributed by atoms with Gasteiger partial charge in [0.2, 0.25) is 0 Å². The van der Waals surface area contributed by atoms with Crippen LogP contribution in [0, 0.1) is 5.92 Å². The van der Waals surface area contributed by atoms with Crippen LogP contribution >= 0.6 is 46.4 Å². The number of benzene rings is 1. The average Bonchev–Trinajstić information content (AvgIpc) is 2.55. The van der Waals surface area contributed by atoms with Crippen LogP contribution in [0.5, 0.6) is 0 Å². The number of aromatic carboxylic acids is 1. The molecule has 1 atom stereocenters. The minimum absolute atomic E-state index is 0.169. The molecule has 8 heteroatoms. The van der Waals surface area contributed by atoms with Gasteiger partial charge in [-0.05, 0) is 12.3 Å². The molecule has 0 aromatic heterocycles. The van der Waals surface area contributed by atoms with Gasteiger partial charge in [-0.25, -0.2) is 9.59 Å². The lowest BCUT2D eigenvalue weighted by Crippen LogP contribution is -2.18. The van der Waals surface area contributed by atoms with Crippen LogP contribution < -0.4 is 0 Å². The lowest BCUT2D eigenvalue weighted by molar-refractivity contribution is 0.0420. The summed E-state index contributed by atoms with van der Waals surface area (Å²) in [6.45, 7) is 4.25. The topological polar surface area (TPSA) is 63.6 Å². The van der Waals surface area contributed by atoms with E-state index < -0.39 is 17.5 Å². The van der Waals surface area contributed by atoms with Crippen molar-refractivity contribution >= 4 is 58.3 Å². The van der Waals surface area contributed by atoms with E-state index in [0.717, 1.165) is 25.7 Å². The molecule has 1 unspecified atom stereocenters. The predicted octanol–water partition coefficient (Wildman–Crippen LogP) is 6.37. The molecule has 134 valence electrons. The largest absolute Gasteiger partial charge is 0.478 e. The number of unbranched alkanes of at least 4 members (excludes halogenated alkanes) is 1. The van der Waals surface area contributed by atoms with Crippen LogP contribution in [0.3, 0.4) is 0 Å². The van der Waals surface area contributed by atoms with Gasteiger partial charge < -0.3 is 9.84 Å². The smallest absolute Gasteiger partial charge is 0.340 e. The van der Waals surface area contributed by atoms with Crippen molar-refractivity contribution < 1.29 is 19.4 Å². The molecule has 4 nitrogen and oxygen atoms in total. The number of carboxylic acid groups (broad SMARTS) is 1. The zero-order valence-corrected chi connectivity index (χ0v) is 16.3. The highest BCUT2D eigenvalue weighted by atomic mass is 35.5. The molecule has 0 bridgehead atoms. The highest BCUT2D eigenvalue weighted by molar-refractivity contribution is 6.54. The summed E-state index contributed by atoms with van der Waals surface area (Å²) in [6, 6.07) is 0. The minimum Gasteiger partial charge on any atom is -0.478 e. The Morgan fingerprint density at radius 3 is 2.00 bits per heavy atom. The molecule has 0 saturated heterocycles. The average molecular weight is 416 g/mol. The normalized spacial score (nSPS) is 12.1. The minimum atomic E-state index is -1.44. The molecule has 0 spiro atoms. The van der Waals surface area contributed by atoms with E-state index in [1.54, 1.807) is 0 Å². The van der Waals surface area contributed by atoms with Crippen molar-refractivity contribution in [2.45, 2.75) is 39.5 Å². The molecule has 24 heavy (non-hydrogen) atoms. The summed E-state index contributed by atoms with van der Waals surface area (Å²) in [5, 5.41) is 8.30. The van der Waals surface area contributed by atoms with Gasteiger partial charge in [0.05, 0.1) is 37.8 Å². The first-order valence-electron chi connectivity index (χ1n) is 7.52. The van der Waals surface area contributed by atoms with E-state index >= 15 is 0 Å². The maximum absolute atomic E-state index is 12.4. The van der Waals surface area contributed by atoms with E-state index in [0.29, 0.717) is 0 Å². The fourth-order valence-electron chi connectivity index (χ4n) is 2.19. The van der Waals surface area contributed by atoms with Crippen LogP contribution in [0.2, 0.25) is 20.1 Å². The number of esters is 1. The fourth-order valence-corrected chi connectivity index (χ4v) is 3.20. The highest BCUT2D eigenvalue weighted by Crippen LogP contribution is 2.41. The Bertz CT molecular complexity index is 631. The van der Waals surface area contributed by atoms with Crippen LogP contribution in [-0.4, -0.2) is 23.7 Å². The van der Waals surface area contributed by atoms with Gasteiger partial charge in [-0.1, -0.05) is 79.5 Å². The van der Waals surface area contributed by atoms with Gasteiger partial charge in [0, 0.05) is 0 Å². The molecule has 0 saturated carbocycles. The molecule has 1 aromatic carbocycles. The third-order valence-electron chi connectivity index (χ3n) is 3.68. The number of carboxylic acids is 1. The molecule has 0 heterocycles. The number of carbonyl (C=O) groups is 2. The Morgan fingerprint density at radius 1 is 1.00 bits per heavy atom. The van der Waals surface area contributed by atoms with Crippen LogP contribution in [0.1, 0.15) is 60.2 Å². The SMILES string of the molecule is CCCCC(CC)COC(=O)c1c(Cl)c(Cl)c(Cl)c(Cl)c1C(=O)O. The van der Waals surface area contributed by atoms with Gasteiger partial charge in [0.1, 0.15) is 0 Å². The van der Waals surface area contributed by atoms with Crippen LogP contribution in [0.25, 0.3) is 0 Å². The van der Waals surface area contributed by atoms with Crippen molar-refractivity contribution in [2.24, 2.45) is 5.92 Å². The van der Waals surface area contributed by atoms with E-state index in [2.05, 4.69) is 6.92 Å². The Kier molecular flexibility index (Phi) is 8.65. The van der Waals surface area contributed by atoms with Crippen molar-refractivity contribution in [3.05, 3.63) is 31.2 Å². The molecule has 0 aliphatic carbocycles. The van der Waals surface area contributed by atoms with Crippen molar-refractivity contribution in [1.82, 2.24) is 0 Å². The van der Waals surface area contributed by atoms with E-state index in [1.807, 2.05) is 6.92 Å². The van der Waals surface area contributed by atoms with Crippen LogP contribution in [0.15, 0.2) is 0 Å². The van der Waals surface area contributed by atoms with E-state index in [-0.39, 0.29) is 38.2 Å². The second-order valence-corrected chi connectivity index (χ2v) is 6.84. The second-order valence-electron chi connectivity index (χ2n) is 5.33. The third-order valence-corrected chi connectivity index (χ3v) is 5.48. The van der Waals surface area contributed by atoms with Crippen LogP contribution in [-0.2, 0) is 4.74 Å². The summed E-state index contributed by atoms with van der Waals surface area (Å²) in [6.07, 6.45) is 3.83. The molecule has 0 radical (unpaired) electrons. The van der Waals surface area contributed by atoms with Crippen molar-refractivity contribution in [1.29, 1.82) is 0 Å². The van der Waals surface area contributed by atoms with Crippen LogP contribution in [0.4, 0.5) is 0 Å². The standard InChI is InChI=1S/C16H18Cl4O4/c1-3-5-6-8(4-2)7-24-16(23)10-9(15(21)22)11(17)13(19)14(20)12(10)18/h8H,3-7H2,1-2H3,(H,21,22). The third kappa shape index (κ3) is 4.92. The summed E-state index contributed by atoms with van der Waals surface area (Å²) in [5.41, 5.74) is -0.892. The summed E-state index contributed by atoms with van der Waals surface area (Å²) < 4.78 is 5.25. The molecular weight excluding hydrogens is 398 g/mol. The zero-order valence-electron chi connectivity index (χ0n) is 13.3. The first-order valence-corrected chi connectivity index (χ1v) is 9.03. The van der Waals surface area contributed by atoms with Gasteiger partial charge in [0.15, 0.2) is 0 Å². The summed E-state index contributed by atoms with van der Waals surface area (Å²) in [5.74, 6) is -2.13. The molecule has 0 amide bonds. The molecule has 0 fully saturated rings. The highest BCUT2D eigenvalue weighted by Gasteiger charge is 2.30. The Hall–Kier alpha value is -0.680. The molecule has 0 aliphatic rings.